The first-order valence-electron chi connectivity index (χ1n) is 4.02. The Bertz CT molecular complexity index is 404. The van der Waals surface area contributed by atoms with E-state index in [2.05, 4.69) is 21.5 Å². The van der Waals surface area contributed by atoms with Gasteiger partial charge in [0, 0.05) is 18.6 Å². The molecule has 6 heteroatoms. The average Bonchev–Trinajstić information content (AvgIpc) is 2.71. The highest BCUT2D eigenvalue weighted by molar-refractivity contribution is 7.08. The van der Waals surface area contributed by atoms with E-state index in [0.29, 0.717) is 0 Å². The van der Waals surface area contributed by atoms with Crippen LogP contribution in [0.5, 0.6) is 0 Å². The number of rotatable bonds is 2. The number of nitrogens with zero attached hydrogens (tertiary/aromatic N) is 5. The van der Waals surface area contributed by atoms with Crippen molar-refractivity contribution in [2.24, 2.45) is 7.05 Å². The fourth-order valence-corrected chi connectivity index (χ4v) is 1.68. The molecular weight excluding hydrogens is 186 g/mol. The van der Waals surface area contributed by atoms with Crippen LogP contribution in [0.1, 0.15) is 6.92 Å². The summed E-state index contributed by atoms with van der Waals surface area (Å²) in [6, 6.07) is 0. The Morgan fingerprint density at radius 1 is 1.62 bits per heavy atom. The Morgan fingerprint density at radius 3 is 3.00 bits per heavy atom. The highest BCUT2D eigenvalue weighted by Gasteiger charge is 2.12. The quantitative estimate of drug-likeness (QED) is 0.647. The molecule has 0 amide bonds. The van der Waals surface area contributed by atoms with Crippen LogP contribution in [0.4, 0.5) is 0 Å². The Labute approximate surface area is 79.8 Å². The summed E-state index contributed by atoms with van der Waals surface area (Å²) in [4.78, 5) is 5.14. The van der Waals surface area contributed by atoms with Crippen molar-refractivity contribution in [3.8, 4) is 10.7 Å². The molecule has 2 aromatic rings. The number of aromatic nitrogens is 5. The molecule has 0 saturated heterocycles. The molecule has 13 heavy (non-hydrogen) atoms. The molecule has 2 heterocycles. The SMILES string of the molecule is CC[n+]1cc(-c2ncn(C)n2)sn1. The lowest BCUT2D eigenvalue weighted by Gasteiger charge is -1.81. The molecule has 68 valence electrons. The van der Waals surface area contributed by atoms with Crippen molar-refractivity contribution >= 4 is 11.5 Å². The summed E-state index contributed by atoms with van der Waals surface area (Å²) >= 11 is 1.42. The van der Waals surface area contributed by atoms with Crippen LogP contribution in [-0.2, 0) is 13.6 Å². The lowest BCUT2D eigenvalue weighted by Crippen LogP contribution is -2.32. The number of hydrogen-bond acceptors (Lipinski definition) is 4. The molecule has 0 bridgehead atoms. The van der Waals surface area contributed by atoms with Crippen molar-refractivity contribution in [2.75, 3.05) is 0 Å². The van der Waals surface area contributed by atoms with Gasteiger partial charge in [0.2, 0.25) is 6.20 Å². The van der Waals surface area contributed by atoms with Crippen LogP contribution < -0.4 is 4.68 Å². The Balaban J connectivity index is 2.35. The van der Waals surface area contributed by atoms with Gasteiger partial charge in [-0.15, -0.1) is 0 Å². The molecule has 0 fully saturated rings. The van der Waals surface area contributed by atoms with Crippen LogP contribution in [0.3, 0.4) is 0 Å². The second kappa shape index (κ2) is 3.21. The van der Waals surface area contributed by atoms with E-state index in [0.717, 1.165) is 17.2 Å². The smallest absolute Gasteiger partial charge is 0.220 e. The van der Waals surface area contributed by atoms with Gasteiger partial charge in [-0.1, -0.05) is 4.68 Å². The van der Waals surface area contributed by atoms with E-state index in [1.54, 1.807) is 11.0 Å². The highest BCUT2D eigenvalue weighted by Crippen LogP contribution is 2.14. The molecule has 0 aliphatic heterocycles. The van der Waals surface area contributed by atoms with Crippen LogP contribution in [0, 0.1) is 0 Å². The second-order valence-electron chi connectivity index (χ2n) is 2.66. The predicted molar refractivity (Wildman–Crippen MR) is 48.0 cm³/mol. The zero-order valence-corrected chi connectivity index (χ0v) is 8.32. The topological polar surface area (TPSA) is 47.5 Å². The molecule has 0 atom stereocenters. The molecule has 0 N–H and O–H groups in total. The third kappa shape index (κ3) is 1.57. The highest BCUT2D eigenvalue weighted by atomic mass is 32.1. The van der Waals surface area contributed by atoms with Crippen molar-refractivity contribution in [3.05, 3.63) is 12.5 Å². The van der Waals surface area contributed by atoms with Crippen molar-refractivity contribution in [2.45, 2.75) is 13.5 Å². The largest absolute Gasteiger partial charge is 0.255 e. The van der Waals surface area contributed by atoms with Gasteiger partial charge in [0.25, 0.3) is 0 Å². The molecule has 0 spiro atoms. The molecule has 5 nitrogen and oxygen atoms in total. The molecule has 0 unspecified atom stereocenters. The third-order valence-electron chi connectivity index (χ3n) is 1.65. The summed E-state index contributed by atoms with van der Waals surface area (Å²) in [6.07, 6.45) is 3.64. The molecule has 0 aromatic carbocycles. The van der Waals surface area contributed by atoms with Gasteiger partial charge in [0.15, 0.2) is 17.2 Å². The Morgan fingerprint density at radius 2 is 2.46 bits per heavy atom. The van der Waals surface area contributed by atoms with Crippen molar-refractivity contribution < 1.29 is 4.68 Å². The molecule has 0 saturated carbocycles. The van der Waals surface area contributed by atoms with Gasteiger partial charge in [0.1, 0.15) is 6.33 Å². The van der Waals surface area contributed by atoms with E-state index in [-0.39, 0.29) is 0 Å². The fourth-order valence-electron chi connectivity index (χ4n) is 0.979. The lowest BCUT2D eigenvalue weighted by molar-refractivity contribution is -0.743. The average molecular weight is 196 g/mol. The Hall–Kier alpha value is -1.30. The maximum absolute atomic E-state index is 4.19. The number of aryl methyl sites for hydroxylation is 2. The van der Waals surface area contributed by atoms with Crippen LogP contribution in [-0.4, -0.2) is 19.3 Å². The van der Waals surface area contributed by atoms with Crippen molar-refractivity contribution in [1.29, 1.82) is 0 Å². The minimum absolute atomic E-state index is 0.743. The molecular formula is C7H10N5S+. The van der Waals surface area contributed by atoms with Crippen molar-refractivity contribution in [3.63, 3.8) is 0 Å². The van der Waals surface area contributed by atoms with Crippen LogP contribution in [0.2, 0.25) is 0 Å². The van der Waals surface area contributed by atoms with E-state index in [4.69, 9.17) is 0 Å². The van der Waals surface area contributed by atoms with Crippen LogP contribution in [0.15, 0.2) is 12.5 Å². The van der Waals surface area contributed by atoms with E-state index < -0.39 is 0 Å². The van der Waals surface area contributed by atoms with Gasteiger partial charge in [-0.3, -0.25) is 4.68 Å². The minimum Gasteiger partial charge on any atom is -0.255 e. The van der Waals surface area contributed by atoms with E-state index in [9.17, 15) is 0 Å². The third-order valence-corrected chi connectivity index (χ3v) is 2.43. The van der Waals surface area contributed by atoms with Crippen molar-refractivity contribution in [1.82, 2.24) is 19.3 Å². The molecule has 2 rings (SSSR count). The van der Waals surface area contributed by atoms with Crippen LogP contribution in [0.25, 0.3) is 10.7 Å². The summed E-state index contributed by atoms with van der Waals surface area (Å²) < 4.78 is 7.75. The maximum atomic E-state index is 4.19. The summed E-state index contributed by atoms with van der Waals surface area (Å²) in [5.74, 6) is 0.743. The maximum Gasteiger partial charge on any atom is 0.220 e. The first kappa shape index (κ1) is 8.31. The zero-order valence-electron chi connectivity index (χ0n) is 7.51. The molecule has 0 aliphatic carbocycles. The predicted octanol–water partition coefficient (Wildman–Crippen LogP) is 0.246. The lowest BCUT2D eigenvalue weighted by atomic mass is 10.5. The van der Waals surface area contributed by atoms with E-state index in [1.807, 2.05) is 17.9 Å². The van der Waals surface area contributed by atoms with Gasteiger partial charge < -0.3 is 0 Å². The van der Waals surface area contributed by atoms with E-state index >= 15 is 0 Å². The van der Waals surface area contributed by atoms with Gasteiger partial charge in [-0.2, -0.15) is 5.10 Å². The normalized spacial score (nSPS) is 10.6. The van der Waals surface area contributed by atoms with E-state index in [1.165, 1.54) is 11.5 Å². The minimum atomic E-state index is 0.743. The van der Waals surface area contributed by atoms with Gasteiger partial charge in [0.05, 0.1) is 4.49 Å². The molecule has 0 aliphatic rings. The first-order valence-corrected chi connectivity index (χ1v) is 4.79. The zero-order chi connectivity index (χ0) is 9.26. The molecule has 2 aromatic heterocycles. The summed E-state index contributed by atoms with van der Waals surface area (Å²) in [5.41, 5.74) is 0. The molecule has 0 radical (unpaired) electrons. The summed E-state index contributed by atoms with van der Waals surface area (Å²) in [7, 11) is 1.85. The number of hydrogen-bond donors (Lipinski definition) is 0. The fraction of sp³-hybridized carbons (Fsp3) is 0.429. The van der Waals surface area contributed by atoms with Gasteiger partial charge in [-0.25, -0.2) is 4.98 Å². The standard InChI is InChI=1S/C7H10N5S/c1-3-12-4-6(13-10-12)7-8-5-11(2)9-7/h4-5H,3H2,1-2H3/q+1. The Kier molecular flexibility index (Phi) is 2.05. The van der Waals surface area contributed by atoms with Crippen LogP contribution >= 0.6 is 11.5 Å². The van der Waals surface area contributed by atoms with Gasteiger partial charge >= 0.3 is 0 Å². The van der Waals surface area contributed by atoms with Gasteiger partial charge in [-0.05, 0) is 6.92 Å². The monoisotopic (exact) mass is 196 g/mol. The second-order valence-corrected chi connectivity index (χ2v) is 3.45. The summed E-state index contributed by atoms with van der Waals surface area (Å²) in [6.45, 7) is 2.93. The first-order chi connectivity index (χ1) is 6.29. The summed E-state index contributed by atoms with van der Waals surface area (Å²) in [5, 5.41) is 4.19.